The van der Waals surface area contributed by atoms with Gasteiger partial charge in [-0.1, -0.05) is 30.3 Å². The highest BCUT2D eigenvalue weighted by molar-refractivity contribution is 5.71. The highest BCUT2D eigenvalue weighted by Gasteiger charge is 2.30. The van der Waals surface area contributed by atoms with Crippen LogP contribution in [0.25, 0.3) is 0 Å². The second kappa shape index (κ2) is 10.7. The predicted octanol–water partition coefficient (Wildman–Crippen LogP) is 6.40. The summed E-state index contributed by atoms with van der Waals surface area (Å²) in [6.45, 7) is 0.646. The first-order valence-electron chi connectivity index (χ1n) is 10.6. The molecule has 1 amide bonds. The lowest BCUT2D eigenvalue weighted by atomic mass is 10.1. The molecule has 1 aliphatic heterocycles. The summed E-state index contributed by atoms with van der Waals surface area (Å²) in [4.78, 5) is 16.0. The standard InChI is InChI=1S/C24H20F3N5O3/c25-24(26,27)19-8-13-22(28-17-19)34-20-9-11-21(12-10-20)35-23(33)32-16-15-31(29-30-32)14-4-7-18-5-2-1-3-6-18/h1-3,5-6,8-13,15-17H,4,7,14H2. The van der Waals surface area contributed by atoms with Crippen molar-refractivity contribution in [2.24, 2.45) is 10.4 Å². The summed E-state index contributed by atoms with van der Waals surface area (Å²) >= 11 is 0. The van der Waals surface area contributed by atoms with Crippen LogP contribution in [0.1, 0.15) is 17.5 Å². The molecule has 0 spiro atoms. The van der Waals surface area contributed by atoms with E-state index < -0.39 is 17.8 Å². The van der Waals surface area contributed by atoms with Crippen molar-refractivity contribution in [1.82, 2.24) is 15.0 Å². The van der Waals surface area contributed by atoms with E-state index in [-0.39, 0.29) is 11.6 Å². The Balaban J connectivity index is 1.23. The fraction of sp³-hybridized carbons (Fsp3) is 0.167. The minimum Gasteiger partial charge on any atom is -0.439 e. The van der Waals surface area contributed by atoms with E-state index >= 15 is 0 Å². The molecule has 2 heterocycles. The quantitative estimate of drug-likeness (QED) is 0.389. The van der Waals surface area contributed by atoms with Gasteiger partial charge < -0.3 is 9.47 Å². The van der Waals surface area contributed by atoms with Crippen molar-refractivity contribution in [3.63, 3.8) is 0 Å². The van der Waals surface area contributed by atoms with E-state index in [0.717, 1.165) is 30.0 Å². The fourth-order valence-electron chi connectivity index (χ4n) is 3.05. The second-order valence-electron chi connectivity index (χ2n) is 7.40. The molecule has 2 aromatic carbocycles. The normalized spacial score (nSPS) is 13.1. The molecule has 3 aromatic rings. The Kier molecular flexibility index (Phi) is 7.24. The minimum absolute atomic E-state index is 0.00469. The van der Waals surface area contributed by atoms with Crippen molar-refractivity contribution in [1.29, 1.82) is 0 Å². The van der Waals surface area contributed by atoms with Crippen LogP contribution in [-0.2, 0) is 12.6 Å². The lowest BCUT2D eigenvalue weighted by molar-refractivity contribution is -0.137. The van der Waals surface area contributed by atoms with Gasteiger partial charge in [-0.15, -0.1) is 0 Å². The molecule has 0 fully saturated rings. The second-order valence-corrected chi connectivity index (χ2v) is 7.40. The molecule has 0 saturated heterocycles. The first-order chi connectivity index (χ1) is 16.9. The number of pyridine rings is 1. The van der Waals surface area contributed by atoms with Gasteiger partial charge in [0, 0.05) is 25.0 Å². The molecule has 0 saturated carbocycles. The topological polar surface area (TPSA) is 79.6 Å². The van der Waals surface area contributed by atoms with Crippen LogP contribution in [0.4, 0.5) is 18.0 Å². The molecule has 4 rings (SSSR count). The molecular formula is C24H20F3N5O3. The number of carbonyl (C=O) groups is 1. The number of nitrogens with zero attached hydrogens (tertiary/aromatic N) is 5. The van der Waals surface area contributed by atoms with Gasteiger partial charge in [-0.3, -0.25) is 5.01 Å². The number of carbonyl (C=O) groups excluding carboxylic acids is 1. The predicted molar refractivity (Wildman–Crippen MR) is 119 cm³/mol. The van der Waals surface area contributed by atoms with Gasteiger partial charge in [0.2, 0.25) is 5.88 Å². The number of aromatic nitrogens is 1. The number of ether oxygens (including phenoxy) is 2. The van der Waals surface area contributed by atoms with E-state index in [0.29, 0.717) is 18.5 Å². The zero-order valence-corrected chi connectivity index (χ0v) is 18.3. The molecule has 1 aromatic heterocycles. The van der Waals surface area contributed by atoms with E-state index in [1.807, 2.05) is 18.2 Å². The number of amides is 1. The van der Waals surface area contributed by atoms with E-state index in [2.05, 4.69) is 27.6 Å². The van der Waals surface area contributed by atoms with Gasteiger partial charge in [-0.05, 0) is 59.2 Å². The third-order valence-electron chi connectivity index (χ3n) is 4.83. The van der Waals surface area contributed by atoms with Gasteiger partial charge in [0.05, 0.1) is 11.8 Å². The van der Waals surface area contributed by atoms with Crippen LogP contribution in [0, 0.1) is 0 Å². The molecule has 1 aliphatic rings. The number of aryl methyl sites for hydroxylation is 1. The molecule has 0 atom stereocenters. The van der Waals surface area contributed by atoms with Crippen LogP contribution in [-0.4, -0.2) is 27.6 Å². The zero-order chi connectivity index (χ0) is 24.7. The van der Waals surface area contributed by atoms with Crippen LogP contribution in [0.2, 0.25) is 0 Å². The van der Waals surface area contributed by atoms with Crippen LogP contribution < -0.4 is 9.47 Å². The van der Waals surface area contributed by atoms with Crippen molar-refractivity contribution in [3.8, 4) is 17.4 Å². The average Bonchev–Trinajstić information content (AvgIpc) is 2.86. The maximum atomic E-state index is 12.6. The highest BCUT2D eigenvalue weighted by Crippen LogP contribution is 2.30. The van der Waals surface area contributed by atoms with Crippen molar-refractivity contribution in [2.75, 3.05) is 6.54 Å². The Morgan fingerprint density at radius 2 is 1.63 bits per heavy atom. The molecule has 0 bridgehead atoms. The summed E-state index contributed by atoms with van der Waals surface area (Å²) in [5, 5.41) is 10.4. The molecule has 0 radical (unpaired) electrons. The van der Waals surface area contributed by atoms with Gasteiger partial charge in [-0.2, -0.15) is 18.2 Å². The summed E-state index contributed by atoms with van der Waals surface area (Å²) in [6, 6.07) is 18.0. The Bertz CT molecular complexity index is 1170. The first-order valence-corrected chi connectivity index (χ1v) is 10.6. The highest BCUT2D eigenvalue weighted by atomic mass is 19.4. The maximum Gasteiger partial charge on any atom is 0.441 e. The lowest BCUT2D eigenvalue weighted by Crippen LogP contribution is -2.28. The third kappa shape index (κ3) is 6.79. The van der Waals surface area contributed by atoms with Crippen molar-refractivity contribution in [3.05, 3.63) is 96.5 Å². The summed E-state index contributed by atoms with van der Waals surface area (Å²) in [5.41, 5.74) is 0.369. The lowest BCUT2D eigenvalue weighted by Gasteiger charge is -2.20. The van der Waals surface area contributed by atoms with Crippen LogP contribution >= 0.6 is 0 Å². The number of hydrogen-bond donors (Lipinski definition) is 0. The van der Waals surface area contributed by atoms with Crippen molar-refractivity contribution in [2.45, 2.75) is 19.0 Å². The summed E-state index contributed by atoms with van der Waals surface area (Å²) in [6.07, 6.45) is 0.318. The Morgan fingerprint density at radius 3 is 2.26 bits per heavy atom. The summed E-state index contributed by atoms with van der Waals surface area (Å²) < 4.78 is 48.5. The average molecular weight is 483 g/mol. The van der Waals surface area contributed by atoms with E-state index in [9.17, 15) is 18.0 Å². The van der Waals surface area contributed by atoms with Crippen LogP contribution in [0.15, 0.2) is 95.8 Å². The third-order valence-corrected chi connectivity index (χ3v) is 4.83. The number of alkyl halides is 3. The molecule has 11 heteroatoms. The molecule has 0 N–H and O–H groups in total. The first kappa shape index (κ1) is 23.7. The zero-order valence-electron chi connectivity index (χ0n) is 18.3. The maximum absolute atomic E-state index is 12.6. The Labute approximate surface area is 198 Å². The number of hydrogen-bond acceptors (Lipinski definition) is 7. The van der Waals surface area contributed by atoms with Gasteiger partial charge in [0.25, 0.3) is 0 Å². The van der Waals surface area contributed by atoms with Gasteiger partial charge in [0.1, 0.15) is 11.5 Å². The van der Waals surface area contributed by atoms with Crippen LogP contribution in [0.5, 0.6) is 17.4 Å². The molecule has 180 valence electrons. The minimum atomic E-state index is -4.47. The smallest absolute Gasteiger partial charge is 0.439 e. The molecule has 8 nitrogen and oxygen atoms in total. The number of rotatable bonds is 7. The van der Waals surface area contributed by atoms with Crippen LogP contribution in [0.3, 0.4) is 0 Å². The monoisotopic (exact) mass is 483 g/mol. The van der Waals surface area contributed by atoms with Gasteiger partial charge in [0.15, 0.2) is 0 Å². The molecular weight excluding hydrogens is 463 g/mol. The summed E-state index contributed by atoms with van der Waals surface area (Å²) in [5.74, 6) is 0.521. The molecule has 0 unspecified atom stereocenters. The summed E-state index contributed by atoms with van der Waals surface area (Å²) in [7, 11) is 0. The van der Waals surface area contributed by atoms with Gasteiger partial charge in [-0.25, -0.2) is 9.78 Å². The van der Waals surface area contributed by atoms with Crippen molar-refractivity contribution < 1.29 is 27.4 Å². The fourth-order valence-corrected chi connectivity index (χ4v) is 3.05. The van der Waals surface area contributed by atoms with E-state index in [1.165, 1.54) is 36.0 Å². The number of benzene rings is 2. The molecule has 0 aliphatic carbocycles. The Hall–Kier alpha value is -4.41. The van der Waals surface area contributed by atoms with E-state index in [1.54, 1.807) is 11.2 Å². The van der Waals surface area contributed by atoms with Crippen molar-refractivity contribution >= 4 is 6.09 Å². The SMILES string of the molecule is O=C(Oc1ccc(Oc2ccc(C(F)(F)F)cn2)cc1)N1C=CN(CCCc2ccccc2)N=N1. The van der Waals surface area contributed by atoms with Gasteiger partial charge >= 0.3 is 12.3 Å². The molecule has 35 heavy (non-hydrogen) atoms. The van der Waals surface area contributed by atoms with E-state index in [4.69, 9.17) is 9.47 Å². The number of halogens is 3. The largest absolute Gasteiger partial charge is 0.441 e. The Morgan fingerprint density at radius 1 is 0.886 bits per heavy atom.